The SMILES string of the molecule is N#Cc1ccc(N2CCN(c3nc4ccsc4c(=O)[nH]3)CC2)cc1. The van der Waals surface area contributed by atoms with Gasteiger partial charge in [0.15, 0.2) is 0 Å². The highest BCUT2D eigenvalue weighted by molar-refractivity contribution is 7.17. The molecule has 2 aromatic heterocycles. The van der Waals surface area contributed by atoms with E-state index in [9.17, 15) is 4.79 Å². The minimum Gasteiger partial charge on any atom is -0.368 e. The summed E-state index contributed by atoms with van der Waals surface area (Å²) in [4.78, 5) is 23.9. The lowest BCUT2D eigenvalue weighted by molar-refractivity contribution is 0.640. The maximum absolute atomic E-state index is 12.1. The fraction of sp³-hybridized carbons (Fsp3) is 0.235. The molecule has 0 unspecified atom stereocenters. The van der Waals surface area contributed by atoms with Crippen LogP contribution in [-0.2, 0) is 0 Å². The van der Waals surface area contributed by atoms with E-state index in [1.165, 1.54) is 11.3 Å². The minimum atomic E-state index is -0.0699. The predicted octanol–water partition coefficient (Wildman–Crippen LogP) is 2.18. The van der Waals surface area contributed by atoms with Crippen molar-refractivity contribution in [3.8, 4) is 6.07 Å². The van der Waals surface area contributed by atoms with Gasteiger partial charge in [-0.15, -0.1) is 11.3 Å². The van der Waals surface area contributed by atoms with Crippen LogP contribution in [0.4, 0.5) is 11.6 Å². The molecule has 3 aromatic rings. The number of rotatable bonds is 2. The van der Waals surface area contributed by atoms with E-state index in [-0.39, 0.29) is 5.56 Å². The molecule has 120 valence electrons. The molecule has 0 amide bonds. The minimum absolute atomic E-state index is 0.0699. The molecule has 3 heterocycles. The van der Waals surface area contributed by atoms with E-state index in [4.69, 9.17) is 5.26 Å². The lowest BCUT2D eigenvalue weighted by Gasteiger charge is -2.36. The zero-order valence-corrected chi connectivity index (χ0v) is 13.7. The molecule has 0 aliphatic carbocycles. The van der Waals surface area contributed by atoms with Crippen molar-refractivity contribution in [2.24, 2.45) is 0 Å². The van der Waals surface area contributed by atoms with Gasteiger partial charge in [-0.1, -0.05) is 0 Å². The number of nitriles is 1. The molecule has 24 heavy (non-hydrogen) atoms. The van der Waals surface area contributed by atoms with E-state index >= 15 is 0 Å². The van der Waals surface area contributed by atoms with E-state index in [2.05, 4.69) is 25.8 Å². The molecule has 4 rings (SSSR count). The fourth-order valence-electron chi connectivity index (χ4n) is 2.93. The van der Waals surface area contributed by atoms with Crippen LogP contribution in [0.2, 0.25) is 0 Å². The van der Waals surface area contributed by atoms with Gasteiger partial charge < -0.3 is 9.80 Å². The van der Waals surface area contributed by atoms with E-state index in [0.29, 0.717) is 16.2 Å². The summed E-state index contributed by atoms with van der Waals surface area (Å²) in [5.74, 6) is 0.644. The van der Waals surface area contributed by atoms with Crippen molar-refractivity contribution in [2.75, 3.05) is 36.0 Å². The maximum atomic E-state index is 12.1. The Kier molecular flexibility index (Phi) is 3.67. The van der Waals surface area contributed by atoms with Crippen LogP contribution in [0.5, 0.6) is 0 Å². The Labute approximate surface area is 142 Å². The van der Waals surface area contributed by atoms with E-state index < -0.39 is 0 Å². The summed E-state index contributed by atoms with van der Waals surface area (Å²) in [6.45, 7) is 3.27. The molecule has 1 aliphatic heterocycles. The third-order valence-electron chi connectivity index (χ3n) is 4.24. The number of piperazine rings is 1. The topological polar surface area (TPSA) is 76.0 Å². The Balaban J connectivity index is 1.50. The lowest BCUT2D eigenvalue weighted by Crippen LogP contribution is -2.47. The van der Waals surface area contributed by atoms with Gasteiger partial charge in [-0.3, -0.25) is 9.78 Å². The molecular formula is C17H15N5OS. The third-order valence-corrected chi connectivity index (χ3v) is 5.15. The number of H-pyrrole nitrogens is 1. The molecular weight excluding hydrogens is 322 g/mol. The average Bonchev–Trinajstić information content (AvgIpc) is 3.11. The van der Waals surface area contributed by atoms with Gasteiger partial charge in [0.1, 0.15) is 4.70 Å². The van der Waals surface area contributed by atoms with Crippen LogP contribution in [0.25, 0.3) is 10.2 Å². The monoisotopic (exact) mass is 337 g/mol. The second-order valence-corrected chi connectivity index (χ2v) is 6.57. The van der Waals surface area contributed by atoms with Crippen molar-refractivity contribution in [2.45, 2.75) is 0 Å². The van der Waals surface area contributed by atoms with Gasteiger partial charge in [-0.2, -0.15) is 5.26 Å². The number of nitrogens with one attached hydrogen (secondary N) is 1. The van der Waals surface area contributed by atoms with E-state index in [1.54, 1.807) is 0 Å². The Morgan fingerprint density at radius 1 is 1.08 bits per heavy atom. The van der Waals surface area contributed by atoms with Crippen LogP contribution >= 0.6 is 11.3 Å². The average molecular weight is 337 g/mol. The van der Waals surface area contributed by atoms with Crippen molar-refractivity contribution < 1.29 is 0 Å². The number of aromatic nitrogens is 2. The Hall–Kier alpha value is -2.85. The predicted molar refractivity (Wildman–Crippen MR) is 95.8 cm³/mol. The lowest BCUT2D eigenvalue weighted by atomic mass is 10.2. The number of aromatic amines is 1. The van der Waals surface area contributed by atoms with Crippen LogP contribution in [0.1, 0.15) is 5.56 Å². The quantitative estimate of drug-likeness (QED) is 0.776. The van der Waals surface area contributed by atoms with Crippen LogP contribution < -0.4 is 15.4 Å². The molecule has 1 aromatic carbocycles. The highest BCUT2D eigenvalue weighted by Gasteiger charge is 2.20. The summed E-state index contributed by atoms with van der Waals surface area (Å²) >= 11 is 1.41. The molecule has 1 aliphatic rings. The standard InChI is InChI=1S/C17H15N5OS/c18-11-12-1-3-13(4-2-12)21-6-8-22(9-7-21)17-19-14-5-10-24-15(14)16(23)20-17/h1-5,10H,6-9H2,(H,19,20,23). The van der Waals surface area contributed by atoms with Gasteiger partial charge in [0.2, 0.25) is 5.95 Å². The maximum Gasteiger partial charge on any atom is 0.270 e. The Morgan fingerprint density at radius 3 is 2.50 bits per heavy atom. The molecule has 7 heteroatoms. The van der Waals surface area contributed by atoms with Gasteiger partial charge >= 0.3 is 0 Å². The van der Waals surface area contributed by atoms with Crippen molar-refractivity contribution in [1.29, 1.82) is 5.26 Å². The van der Waals surface area contributed by atoms with Crippen LogP contribution in [-0.4, -0.2) is 36.1 Å². The van der Waals surface area contributed by atoms with Gasteiger partial charge in [0.25, 0.3) is 5.56 Å². The molecule has 0 atom stereocenters. The summed E-state index contributed by atoms with van der Waals surface area (Å²) in [6, 6.07) is 11.6. The zero-order chi connectivity index (χ0) is 16.5. The summed E-state index contributed by atoms with van der Waals surface area (Å²) in [5.41, 5.74) is 2.47. The number of fused-ring (bicyclic) bond motifs is 1. The van der Waals surface area contributed by atoms with Gasteiger partial charge in [0, 0.05) is 31.9 Å². The molecule has 1 fully saturated rings. The first-order valence-electron chi connectivity index (χ1n) is 7.72. The number of hydrogen-bond acceptors (Lipinski definition) is 6. The number of hydrogen-bond donors (Lipinski definition) is 1. The number of anilines is 2. The van der Waals surface area contributed by atoms with Crippen LogP contribution in [0.15, 0.2) is 40.5 Å². The summed E-state index contributed by atoms with van der Waals surface area (Å²) < 4.78 is 0.676. The number of nitrogens with zero attached hydrogens (tertiary/aromatic N) is 4. The van der Waals surface area contributed by atoms with Crippen molar-refractivity contribution >= 4 is 33.2 Å². The van der Waals surface area contributed by atoms with Gasteiger partial charge in [0.05, 0.1) is 17.1 Å². The molecule has 0 bridgehead atoms. The first kappa shape index (κ1) is 14.7. The second kappa shape index (κ2) is 5.98. The fourth-order valence-corrected chi connectivity index (χ4v) is 3.66. The highest BCUT2D eigenvalue weighted by atomic mass is 32.1. The largest absolute Gasteiger partial charge is 0.368 e. The van der Waals surface area contributed by atoms with Gasteiger partial charge in [-0.05, 0) is 35.7 Å². The normalized spacial score (nSPS) is 14.8. The van der Waals surface area contributed by atoms with Gasteiger partial charge in [-0.25, -0.2) is 4.98 Å². The van der Waals surface area contributed by atoms with E-state index in [1.807, 2.05) is 35.7 Å². The zero-order valence-electron chi connectivity index (χ0n) is 12.9. The Bertz CT molecular complexity index is 961. The molecule has 1 saturated heterocycles. The van der Waals surface area contributed by atoms with Crippen LogP contribution in [0, 0.1) is 11.3 Å². The Morgan fingerprint density at radius 2 is 1.79 bits per heavy atom. The first-order chi connectivity index (χ1) is 11.7. The molecule has 0 radical (unpaired) electrons. The van der Waals surface area contributed by atoms with E-state index in [0.717, 1.165) is 37.4 Å². The van der Waals surface area contributed by atoms with Crippen molar-refractivity contribution in [1.82, 2.24) is 9.97 Å². The summed E-state index contributed by atoms with van der Waals surface area (Å²) in [7, 11) is 0. The molecule has 0 spiro atoms. The third kappa shape index (κ3) is 2.61. The highest BCUT2D eigenvalue weighted by Crippen LogP contribution is 2.20. The van der Waals surface area contributed by atoms with Crippen LogP contribution in [0.3, 0.4) is 0 Å². The molecule has 6 nitrogen and oxygen atoms in total. The second-order valence-electron chi connectivity index (χ2n) is 5.66. The molecule has 0 saturated carbocycles. The van der Waals surface area contributed by atoms with Crippen molar-refractivity contribution in [3.05, 3.63) is 51.6 Å². The number of thiophene rings is 1. The summed E-state index contributed by atoms with van der Waals surface area (Å²) in [5, 5.41) is 10.8. The summed E-state index contributed by atoms with van der Waals surface area (Å²) in [6.07, 6.45) is 0. The smallest absolute Gasteiger partial charge is 0.270 e. The van der Waals surface area contributed by atoms with Crippen molar-refractivity contribution in [3.63, 3.8) is 0 Å². The number of benzene rings is 1. The first-order valence-corrected chi connectivity index (χ1v) is 8.60. The molecule has 1 N–H and O–H groups in total.